The van der Waals surface area contributed by atoms with Gasteiger partial charge in [0, 0.05) is 32.2 Å². The normalized spacial score (nSPS) is 15.0. The molecule has 138 valence electrons. The number of benzene rings is 2. The van der Waals surface area contributed by atoms with Crippen LogP contribution in [0.15, 0.2) is 46.9 Å². The molecule has 5 nitrogen and oxygen atoms in total. The smallest absolute Gasteiger partial charge is 0.412 e. The summed E-state index contributed by atoms with van der Waals surface area (Å²) in [6.45, 7) is 3.49. The topological polar surface area (TPSA) is 44.8 Å². The van der Waals surface area contributed by atoms with Gasteiger partial charge in [0.05, 0.1) is 15.8 Å². The summed E-state index contributed by atoms with van der Waals surface area (Å²) < 4.78 is 19.6. The van der Waals surface area contributed by atoms with Crippen LogP contribution in [0.5, 0.6) is 0 Å². The van der Waals surface area contributed by atoms with E-state index in [0.29, 0.717) is 15.8 Å². The Morgan fingerprint density at radius 2 is 1.88 bits per heavy atom. The third-order valence-electron chi connectivity index (χ3n) is 4.33. The van der Waals surface area contributed by atoms with E-state index in [2.05, 4.69) is 38.1 Å². The number of hydrogen-bond acceptors (Lipinski definition) is 4. The van der Waals surface area contributed by atoms with Crippen LogP contribution in [-0.4, -0.2) is 44.2 Å². The molecule has 0 saturated carbocycles. The summed E-state index contributed by atoms with van der Waals surface area (Å²) in [7, 11) is 2.06. The standard InChI is InChI=1S/C19H21BrFN3O2/c1-23-7-9-24(10-8-23)18-12-16(21)15(20)11-17(18)22-19(25)26-13-14-5-3-2-4-6-14/h2-6,11-12H,7-10,13H2,1H3,(H,22,25). The Morgan fingerprint density at radius 1 is 1.19 bits per heavy atom. The number of piperazine rings is 1. The summed E-state index contributed by atoms with van der Waals surface area (Å²) in [6, 6.07) is 12.5. The van der Waals surface area contributed by atoms with E-state index in [4.69, 9.17) is 4.74 Å². The van der Waals surface area contributed by atoms with Crippen molar-refractivity contribution in [3.8, 4) is 0 Å². The number of carbonyl (C=O) groups excluding carboxylic acids is 1. The number of rotatable bonds is 4. The predicted molar refractivity (Wildman–Crippen MR) is 104 cm³/mol. The van der Waals surface area contributed by atoms with Crippen molar-refractivity contribution in [1.82, 2.24) is 4.90 Å². The molecule has 0 aromatic heterocycles. The molecule has 0 bridgehead atoms. The third kappa shape index (κ3) is 4.74. The lowest BCUT2D eigenvalue weighted by Gasteiger charge is -2.35. The molecule has 7 heteroatoms. The molecule has 0 radical (unpaired) electrons. The number of nitrogens with one attached hydrogen (secondary N) is 1. The van der Waals surface area contributed by atoms with Crippen LogP contribution in [0, 0.1) is 5.82 Å². The van der Waals surface area contributed by atoms with Crippen LogP contribution in [-0.2, 0) is 11.3 Å². The minimum Gasteiger partial charge on any atom is -0.444 e. The van der Waals surface area contributed by atoms with E-state index in [1.165, 1.54) is 6.07 Å². The molecule has 3 rings (SSSR count). The number of halogens is 2. The van der Waals surface area contributed by atoms with E-state index < -0.39 is 6.09 Å². The maximum atomic E-state index is 14.1. The molecule has 26 heavy (non-hydrogen) atoms. The van der Waals surface area contributed by atoms with Gasteiger partial charge in [0.1, 0.15) is 12.4 Å². The van der Waals surface area contributed by atoms with E-state index in [0.717, 1.165) is 31.7 Å². The van der Waals surface area contributed by atoms with Crippen LogP contribution in [0.4, 0.5) is 20.6 Å². The number of ether oxygens (including phenoxy) is 1. The minimum absolute atomic E-state index is 0.179. The van der Waals surface area contributed by atoms with Crippen LogP contribution in [0.25, 0.3) is 0 Å². The number of nitrogens with zero attached hydrogens (tertiary/aromatic N) is 2. The molecule has 1 amide bonds. The average Bonchev–Trinajstić information content (AvgIpc) is 2.64. The highest BCUT2D eigenvalue weighted by molar-refractivity contribution is 9.10. The molecule has 2 aromatic rings. The molecule has 0 spiro atoms. The number of carbonyl (C=O) groups is 1. The van der Waals surface area contributed by atoms with Crippen molar-refractivity contribution >= 4 is 33.4 Å². The van der Waals surface area contributed by atoms with Crippen molar-refractivity contribution in [2.45, 2.75) is 6.61 Å². The summed E-state index contributed by atoms with van der Waals surface area (Å²) >= 11 is 3.19. The van der Waals surface area contributed by atoms with Crippen molar-refractivity contribution in [3.05, 3.63) is 58.3 Å². The average molecular weight is 422 g/mol. The summed E-state index contributed by atoms with van der Waals surface area (Å²) in [5.41, 5.74) is 2.10. The first-order valence-corrected chi connectivity index (χ1v) is 9.22. The van der Waals surface area contributed by atoms with Crippen molar-refractivity contribution in [3.63, 3.8) is 0 Å². The largest absolute Gasteiger partial charge is 0.444 e. The molecule has 0 unspecified atom stereocenters. The molecular formula is C19H21BrFN3O2. The molecule has 2 aromatic carbocycles. The Bertz CT molecular complexity index is 765. The van der Waals surface area contributed by atoms with Crippen molar-refractivity contribution in [2.24, 2.45) is 0 Å². The van der Waals surface area contributed by atoms with Gasteiger partial charge >= 0.3 is 6.09 Å². The second-order valence-electron chi connectivity index (χ2n) is 6.26. The quantitative estimate of drug-likeness (QED) is 0.807. The van der Waals surface area contributed by atoms with E-state index in [1.807, 2.05) is 30.3 Å². The van der Waals surface area contributed by atoms with Gasteiger partial charge in [-0.3, -0.25) is 5.32 Å². The van der Waals surface area contributed by atoms with Crippen LogP contribution < -0.4 is 10.2 Å². The van der Waals surface area contributed by atoms with Gasteiger partial charge in [0.25, 0.3) is 0 Å². The lowest BCUT2D eigenvalue weighted by atomic mass is 10.2. The lowest BCUT2D eigenvalue weighted by Crippen LogP contribution is -2.44. The summed E-state index contributed by atoms with van der Waals surface area (Å²) in [4.78, 5) is 16.5. The van der Waals surface area contributed by atoms with Gasteiger partial charge in [0.2, 0.25) is 0 Å². The van der Waals surface area contributed by atoms with Gasteiger partial charge < -0.3 is 14.5 Å². The van der Waals surface area contributed by atoms with Gasteiger partial charge in [0.15, 0.2) is 0 Å². The van der Waals surface area contributed by atoms with Gasteiger partial charge in [-0.2, -0.15) is 0 Å². The van der Waals surface area contributed by atoms with E-state index in [-0.39, 0.29) is 12.4 Å². The highest BCUT2D eigenvalue weighted by atomic mass is 79.9. The fourth-order valence-corrected chi connectivity index (χ4v) is 3.16. The Labute approximate surface area is 160 Å². The van der Waals surface area contributed by atoms with Gasteiger partial charge in [-0.25, -0.2) is 9.18 Å². The molecule has 1 N–H and O–H groups in total. The molecule has 1 aliphatic rings. The molecule has 0 aliphatic carbocycles. The Balaban J connectivity index is 1.71. The van der Waals surface area contributed by atoms with Crippen molar-refractivity contribution < 1.29 is 13.9 Å². The van der Waals surface area contributed by atoms with E-state index in [9.17, 15) is 9.18 Å². The third-order valence-corrected chi connectivity index (χ3v) is 4.94. The molecular weight excluding hydrogens is 401 g/mol. The zero-order chi connectivity index (χ0) is 18.5. The number of likely N-dealkylation sites (N-methyl/N-ethyl adjacent to an activating group) is 1. The summed E-state index contributed by atoms with van der Waals surface area (Å²) in [5.74, 6) is -0.359. The molecule has 1 fully saturated rings. The zero-order valence-corrected chi connectivity index (χ0v) is 16.1. The molecule has 1 saturated heterocycles. The fraction of sp³-hybridized carbons (Fsp3) is 0.316. The number of hydrogen-bond donors (Lipinski definition) is 1. The first-order chi connectivity index (χ1) is 12.5. The first-order valence-electron chi connectivity index (χ1n) is 8.43. The molecule has 1 aliphatic heterocycles. The maximum Gasteiger partial charge on any atom is 0.412 e. The highest BCUT2D eigenvalue weighted by Gasteiger charge is 2.20. The lowest BCUT2D eigenvalue weighted by molar-refractivity contribution is 0.155. The Hall–Kier alpha value is -2.12. The van der Waals surface area contributed by atoms with Crippen LogP contribution in [0.1, 0.15) is 5.56 Å². The second-order valence-corrected chi connectivity index (χ2v) is 7.11. The maximum absolute atomic E-state index is 14.1. The van der Waals surface area contributed by atoms with Crippen molar-refractivity contribution in [2.75, 3.05) is 43.4 Å². The second kappa shape index (κ2) is 8.51. The van der Waals surface area contributed by atoms with E-state index in [1.54, 1.807) is 6.07 Å². The summed E-state index contributed by atoms with van der Waals surface area (Å²) in [6.07, 6.45) is -0.567. The Kier molecular flexibility index (Phi) is 6.11. The number of anilines is 2. The van der Waals surface area contributed by atoms with Crippen molar-refractivity contribution in [1.29, 1.82) is 0 Å². The van der Waals surface area contributed by atoms with Gasteiger partial charge in [-0.05, 0) is 34.6 Å². The van der Waals surface area contributed by atoms with E-state index >= 15 is 0 Å². The van der Waals surface area contributed by atoms with Crippen LogP contribution in [0.3, 0.4) is 0 Å². The van der Waals surface area contributed by atoms with Gasteiger partial charge in [-0.1, -0.05) is 30.3 Å². The Morgan fingerprint density at radius 3 is 2.58 bits per heavy atom. The number of amides is 1. The first kappa shape index (κ1) is 18.7. The van der Waals surface area contributed by atoms with Gasteiger partial charge in [-0.15, -0.1) is 0 Å². The zero-order valence-electron chi connectivity index (χ0n) is 14.5. The SMILES string of the molecule is CN1CCN(c2cc(F)c(Br)cc2NC(=O)OCc2ccccc2)CC1. The molecule has 0 atom stereocenters. The predicted octanol–water partition coefficient (Wildman–Crippen LogP) is 4.09. The minimum atomic E-state index is -0.567. The monoisotopic (exact) mass is 421 g/mol. The fourth-order valence-electron chi connectivity index (χ4n) is 2.81. The van der Waals surface area contributed by atoms with Crippen LogP contribution >= 0.6 is 15.9 Å². The van der Waals surface area contributed by atoms with Crippen LogP contribution in [0.2, 0.25) is 0 Å². The molecule has 1 heterocycles. The highest BCUT2D eigenvalue weighted by Crippen LogP contribution is 2.32. The summed E-state index contributed by atoms with van der Waals surface area (Å²) in [5, 5.41) is 2.74.